The summed E-state index contributed by atoms with van der Waals surface area (Å²) in [6, 6.07) is 6.60. The fourth-order valence-corrected chi connectivity index (χ4v) is 4.05. The van der Waals surface area contributed by atoms with Crippen molar-refractivity contribution < 1.29 is 8.42 Å². The maximum absolute atomic E-state index is 12.2. The molecule has 0 aliphatic rings. The van der Waals surface area contributed by atoms with Crippen molar-refractivity contribution in [3.05, 3.63) is 35.8 Å². The van der Waals surface area contributed by atoms with Gasteiger partial charge in [-0.2, -0.15) is 0 Å². The third-order valence-corrected chi connectivity index (χ3v) is 5.39. The quantitative estimate of drug-likeness (QED) is 0.715. The third-order valence-electron chi connectivity index (χ3n) is 2.88. The standard InChI is InChI=1S/C13H15Cl2N3O2S2/c14-5-8-18(9-6-15)11-1-3-12(4-2-11)22(19,20)17-13-16-7-10-21-13/h1-4,7,10H,5-6,8-9H2,(H,16,17). The lowest BCUT2D eigenvalue weighted by atomic mass is 10.3. The number of halogens is 2. The molecule has 0 atom stereocenters. The maximum atomic E-state index is 12.2. The molecule has 0 saturated heterocycles. The Labute approximate surface area is 143 Å². The van der Waals surface area contributed by atoms with Gasteiger partial charge >= 0.3 is 0 Å². The van der Waals surface area contributed by atoms with Crippen molar-refractivity contribution in [1.82, 2.24) is 4.98 Å². The van der Waals surface area contributed by atoms with E-state index in [9.17, 15) is 8.42 Å². The van der Waals surface area contributed by atoms with E-state index in [0.717, 1.165) is 5.69 Å². The molecule has 22 heavy (non-hydrogen) atoms. The third kappa shape index (κ3) is 4.49. The lowest BCUT2D eigenvalue weighted by Gasteiger charge is -2.23. The average molecular weight is 380 g/mol. The van der Waals surface area contributed by atoms with Crippen molar-refractivity contribution >= 4 is 55.4 Å². The molecule has 9 heteroatoms. The fraction of sp³-hybridized carbons (Fsp3) is 0.308. The van der Waals surface area contributed by atoms with Crippen molar-refractivity contribution in [2.45, 2.75) is 4.90 Å². The smallest absolute Gasteiger partial charge is 0.263 e. The van der Waals surface area contributed by atoms with Crippen LogP contribution in [0.3, 0.4) is 0 Å². The molecule has 0 bridgehead atoms. The fourth-order valence-electron chi connectivity index (χ4n) is 1.86. The van der Waals surface area contributed by atoms with Gasteiger partial charge in [0.1, 0.15) is 0 Å². The second-order valence-electron chi connectivity index (χ2n) is 4.30. The molecule has 1 heterocycles. The van der Waals surface area contributed by atoms with E-state index in [1.807, 2.05) is 4.90 Å². The number of nitrogens with one attached hydrogen (secondary N) is 1. The summed E-state index contributed by atoms with van der Waals surface area (Å²) < 4.78 is 26.9. The summed E-state index contributed by atoms with van der Waals surface area (Å²) in [5.41, 5.74) is 0.884. The molecule has 120 valence electrons. The number of anilines is 2. The number of nitrogens with zero attached hydrogens (tertiary/aromatic N) is 2. The average Bonchev–Trinajstić information content (AvgIpc) is 2.99. The van der Waals surface area contributed by atoms with Crippen LogP contribution in [0.15, 0.2) is 40.7 Å². The Bertz CT molecular complexity index is 670. The molecule has 0 saturated carbocycles. The van der Waals surface area contributed by atoms with E-state index in [-0.39, 0.29) is 4.90 Å². The molecule has 2 aromatic rings. The minimum atomic E-state index is -3.62. The summed E-state index contributed by atoms with van der Waals surface area (Å²) >= 11 is 12.8. The molecule has 0 unspecified atom stereocenters. The highest BCUT2D eigenvalue weighted by molar-refractivity contribution is 7.93. The monoisotopic (exact) mass is 379 g/mol. The van der Waals surface area contributed by atoms with Crippen LogP contribution in [0.1, 0.15) is 0 Å². The largest absolute Gasteiger partial charge is 0.369 e. The van der Waals surface area contributed by atoms with E-state index in [0.29, 0.717) is 30.0 Å². The molecule has 1 aromatic heterocycles. The van der Waals surface area contributed by atoms with Gasteiger partial charge in [-0.3, -0.25) is 4.72 Å². The van der Waals surface area contributed by atoms with Gasteiger partial charge in [-0.05, 0) is 24.3 Å². The molecule has 0 spiro atoms. The van der Waals surface area contributed by atoms with Crippen LogP contribution >= 0.6 is 34.5 Å². The number of thiazole rings is 1. The van der Waals surface area contributed by atoms with Crippen LogP contribution < -0.4 is 9.62 Å². The minimum absolute atomic E-state index is 0.183. The summed E-state index contributed by atoms with van der Waals surface area (Å²) in [5, 5.41) is 2.05. The topological polar surface area (TPSA) is 62.3 Å². The normalized spacial score (nSPS) is 11.4. The van der Waals surface area contributed by atoms with Crippen molar-refractivity contribution in [1.29, 1.82) is 0 Å². The van der Waals surface area contributed by atoms with E-state index in [1.165, 1.54) is 11.3 Å². The lowest BCUT2D eigenvalue weighted by molar-refractivity contribution is 0.601. The molecule has 1 aromatic carbocycles. The first-order valence-corrected chi connectivity index (χ1v) is 9.89. The van der Waals surface area contributed by atoms with E-state index >= 15 is 0 Å². The Hall–Kier alpha value is -1.02. The zero-order valence-electron chi connectivity index (χ0n) is 11.6. The highest BCUT2D eigenvalue weighted by atomic mass is 35.5. The SMILES string of the molecule is O=S(=O)(Nc1nccs1)c1ccc(N(CCCl)CCCl)cc1. The van der Waals surface area contributed by atoms with Gasteiger partial charge in [-0.25, -0.2) is 13.4 Å². The summed E-state index contributed by atoms with van der Waals surface area (Å²) in [5.74, 6) is 0.949. The first kappa shape index (κ1) is 17.3. The number of benzene rings is 1. The van der Waals surface area contributed by atoms with Crippen LogP contribution in [0.4, 0.5) is 10.8 Å². The molecule has 5 nitrogen and oxygen atoms in total. The van der Waals surface area contributed by atoms with Gasteiger partial charge in [0.05, 0.1) is 4.90 Å². The van der Waals surface area contributed by atoms with Gasteiger partial charge < -0.3 is 4.90 Å². The van der Waals surface area contributed by atoms with Gasteiger partial charge in [0.15, 0.2) is 5.13 Å². The molecule has 1 N–H and O–H groups in total. The van der Waals surface area contributed by atoms with Crippen LogP contribution in [0, 0.1) is 0 Å². The van der Waals surface area contributed by atoms with Gasteiger partial charge in [0.25, 0.3) is 10.0 Å². The van der Waals surface area contributed by atoms with Crippen molar-refractivity contribution in [2.24, 2.45) is 0 Å². The summed E-state index contributed by atoms with van der Waals surface area (Å²) in [6.45, 7) is 1.30. The Morgan fingerprint density at radius 2 is 1.77 bits per heavy atom. The van der Waals surface area contributed by atoms with Gasteiger partial charge in [-0.1, -0.05) is 0 Å². The lowest BCUT2D eigenvalue weighted by Crippen LogP contribution is -2.27. The highest BCUT2D eigenvalue weighted by Crippen LogP contribution is 2.21. The molecule has 0 radical (unpaired) electrons. The Morgan fingerprint density at radius 1 is 1.14 bits per heavy atom. The number of aromatic nitrogens is 1. The van der Waals surface area contributed by atoms with E-state index in [2.05, 4.69) is 9.71 Å². The molecule has 0 aliphatic carbocycles. The Morgan fingerprint density at radius 3 is 2.27 bits per heavy atom. The second-order valence-corrected chi connectivity index (χ2v) is 7.63. The zero-order valence-corrected chi connectivity index (χ0v) is 14.7. The summed E-state index contributed by atoms with van der Waals surface area (Å²) in [4.78, 5) is 6.10. The number of hydrogen-bond acceptors (Lipinski definition) is 5. The van der Waals surface area contributed by atoms with E-state index in [1.54, 1.807) is 35.8 Å². The van der Waals surface area contributed by atoms with Gasteiger partial charge in [-0.15, -0.1) is 34.5 Å². The van der Waals surface area contributed by atoms with Gasteiger partial charge in [0, 0.05) is 42.1 Å². The van der Waals surface area contributed by atoms with Crippen molar-refractivity contribution in [2.75, 3.05) is 34.5 Å². The number of sulfonamides is 1. The predicted octanol–water partition coefficient (Wildman–Crippen LogP) is 3.23. The van der Waals surface area contributed by atoms with Crippen LogP contribution in [-0.2, 0) is 10.0 Å². The minimum Gasteiger partial charge on any atom is -0.369 e. The predicted molar refractivity (Wildman–Crippen MR) is 93.0 cm³/mol. The Balaban J connectivity index is 2.16. The number of alkyl halides is 2. The maximum Gasteiger partial charge on any atom is 0.263 e. The van der Waals surface area contributed by atoms with E-state index < -0.39 is 10.0 Å². The Kier molecular flexibility index (Phi) is 6.31. The van der Waals surface area contributed by atoms with Crippen molar-refractivity contribution in [3.63, 3.8) is 0 Å². The van der Waals surface area contributed by atoms with Crippen LogP contribution in [-0.4, -0.2) is 38.3 Å². The van der Waals surface area contributed by atoms with E-state index in [4.69, 9.17) is 23.2 Å². The second kappa shape index (κ2) is 8.01. The summed E-state index contributed by atoms with van der Waals surface area (Å²) in [6.07, 6.45) is 1.54. The van der Waals surface area contributed by atoms with Gasteiger partial charge in [0.2, 0.25) is 0 Å². The molecular weight excluding hydrogens is 365 g/mol. The van der Waals surface area contributed by atoms with Crippen LogP contribution in [0.2, 0.25) is 0 Å². The first-order chi connectivity index (χ1) is 10.6. The molecule has 0 amide bonds. The summed E-state index contributed by atoms with van der Waals surface area (Å²) in [7, 11) is -3.62. The number of rotatable bonds is 8. The van der Waals surface area contributed by atoms with Crippen molar-refractivity contribution in [3.8, 4) is 0 Å². The zero-order chi connectivity index (χ0) is 16.0. The first-order valence-electron chi connectivity index (χ1n) is 6.46. The molecular formula is C13H15Cl2N3O2S2. The molecule has 0 fully saturated rings. The van der Waals surface area contributed by atoms with Crippen LogP contribution in [0.5, 0.6) is 0 Å². The van der Waals surface area contributed by atoms with Crippen LogP contribution in [0.25, 0.3) is 0 Å². The molecule has 0 aliphatic heterocycles. The number of hydrogen-bond donors (Lipinski definition) is 1. The highest BCUT2D eigenvalue weighted by Gasteiger charge is 2.16. The molecule has 2 rings (SSSR count).